The molecule has 0 N–H and O–H groups in total. The van der Waals surface area contributed by atoms with Gasteiger partial charge < -0.3 is 0 Å². The third-order valence-electron chi connectivity index (χ3n) is 4.62. The molecule has 4 nitrogen and oxygen atoms in total. The van der Waals surface area contributed by atoms with Crippen LogP contribution in [0.3, 0.4) is 0 Å². The third-order valence-corrected chi connectivity index (χ3v) is 4.62. The quantitative estimate of drug-likeness (QED) is 0.836. The molecule has 19 heavy (non-hydrogen) atoms. The van der Waals surface area contributed by atoms with Crippen molar-refractivity contribution in [1.29, 1.82) is 0 Å². The Morgan fingerprint density at radius 2 is 2.21 bits per heavy atom. The van der Waals surface area contributed by atoms with Gasteiger partial charge in [-0.15, -0.1) is 0 Å². The minimum atomic E-state index is 0.299. The Morgan fingerprint density at radius 3 is 2.95 bits per heavy atom. The van der Waals surface area contributed by atoms with E-state index >= 15 is 0 Å². The normalized spacial score (nSPS) is 29.0. The van der Waals surface area contributed by atoms with Crippen LogP contribution in [0.1, 0.15) is 44.1 Å². The van der Waals surface area contributed by atoms with Crippen molar-refractivity contribution in [3.63, 3.8) is 0 Å². The van der Waals surface area contributed by atoms with Gasteiger partial charge in [0.15, 0.2) is 0 Å². The first-order chi connectivity index (χ1) is 9.24. The van der Waals surface area contributed by atoms with Crippen LogP contribution in [0.5, 0.6) is 0 Å². The lowest BCUT2D eigenvalue weighted by molar-refractivity contribution is -0.126. The maximum atomic E-state index is 12.1. The van der Waals surface area contributed by atoms with Crippen LogP contribution in [0, 0.1) is 5.92 Å². The van der Waals surface area contributed by atoms with Gasteiger partial charge in [-0.05, 0) is 32.2 Å². The van der Waals surface area contributed by atoms with Crippen LogP contribution in [-0.4, -0.2) is 33.1 Å². The Balaban J connectivity index is 1.68. The second-order valence-electron chi connectivity index (χ2n) is 6.02. The molecule has 0 radical (unpaired) electrons. The molecule has 1 saturated carbocycles. The van der Waals surface area contributed by atoms with Crippen LogP contribution in [0.25, 0.3) is 0 Å². The molecule has 1 aliphatic carbocycles. The first-order valence-electron chi connectivity index (χ1n) is 7.48. The first kappa shape index (κ1) is 12.9. The van der Waals surface area contributed by atoms with Crippen LogP contribution in [-0.2, 0) is 18.4 Å². The summed E-state index contributed by atoms with van der Waals surface area (Å²) in [7, 11) is 1.95. The average Bonchev–Trinajstić information content (AvgIpc) is 3.00. The summed E-state index contributed by atoms with van der Waals surface area (Å²) >= 11 is 0. The topological polar surface area (TPSA) is 38.1 Å². The molecule has 0 aromatic carbocycles. The van der Waals surface area contributed by atoms with E-state index in [1.807, 2.05) is 17.9 Å². The highest BCUT2D eigenvalue weighted by molar-refractivity contribution is 5.82. The van der Waals surface area contributed by atoms with Gasteiger partial charge in [0.1, 0.15) is 5.78 Å². The second kappa shape index (κ2) is 5.45. The fourth-order valence-electron chi connectivity index (χ4n) is 3.71. The highest BCUT2D eigenvalue weighted by atomic mass is 16.1. The van der Waals surface area contributed by atoms with Crippen LogP contribution in [0.4, 0.5) is 0 Å². The molecule has 1 aromatic heterocycles. The molecule has 2 unspecified atom stereocenters. The molecule has 1 saturated heterocycles. The Bertz CT molecular complexity index is 454. The predicted octanol–water partition coefficient (Wildman–Crippen LogP) is 2.14. The maximum Gasteiger partial charge on any atom is 0.137 e. The van der Waals surface area contributed by atoms with Gasteiger partial charge in [0.25, 0.3) is 0 Å². The summed E-state index contributed by atoms with van der Waals surface area (Å²) in [6.07, 6.45) is 10.7. The predicted molar refractivity (Wildman–Crippen MR) is 73.6 cm³/mol. The number of carbonyl (C=O) groups is 1. The van der Waals surface area contributed by atoms with E-state index in [0.29, 0.717) is 17.7 Å². The molecular formula is C15H23N3O. The Morgan fingerprint density at radius 1 is 1.32 bits per heavy atom. The van der Waals surface area contributed by atoms with Crippen molar-refractivity contribution in [2.75, 3.05) is 6.54 Å². The van der Waals surface area contributed by atoms with E-state index in [1.54, 1.807) is 0 Å². The molecule has 3 rings (SSSR count). The number of hydrogen-bond donors (Lipinski definition) is 0. The minimum absolute atomic E-state index is 0.299. The van der Waals surface area contributed by atoms with Gasteiger partial charge >= 0.3 is 0 Å². The van der Waals surface area contributed by atoms with Gasteiger partial charge in [-0.1, -0.05) is 6.42 Å². The van der Waals surface area contributed by atoms with Gasteiger partial charge in [-0.2, -0.15) is 5.10 Å². The van der Waals surface area contributed by atoms with E-state index in [9.17, 15) is 4.79 Å². The van der Waals surface area contributed by atoms with Crippen LogP contribution in [0.2, 0.25) is 0 Å². The van der Waals surface area contributed by atoms with Crippen LogP contribution >= 0.6 is 0 Å². The molecule has 104 valence electrons. The molecular weight excluding hydrogens is 238 g/mol. The molecule has 2 fully saturated rings. The second-order valence-corrected chi connectivity index (χ2v) is 6.02. The van der Waals surface area contributed by atoms with E-state index in [4.69, 9.17) is 0 Å². The van der Waals surface area contributed by atoms with E-state index in [2.05, 4.69) is 16.2 Å². The number of rotatable bonds is 3. The number of ketones is 1. The summed E-state index contributed by atoms with van der Waals surface area (Å²) in [5.74, 6) is 0.808. The van der Waals surface area contributed by atoms with Crippen LogP contribution < -0.4 is 0 Å². The summed E-state index contributed by atoms with van der Waals surface area (Å²) < 4.78 is 1.85. The molecule has 2 heterocycles. The van der Waals surface area contributed by atoms with E-state index in [-0.39, 0.29) is 0 Å². The first-order valence-corrected chi connectivity index (χ1v) is 7.48. The SMILES string of the molecule is Cn1cc(CN2CCCC2C2CCCCC2=O)cn1. The summed E-state index contributed by atoms with van der Waals surface area (Å²) in [6.45, 7) is 2.08. The number of hydrogen-bond acceptors (Lipinski definition) is 3. The zero-order chi connectivity index (χ0) is 13.2. The van der Waals surface area contributed by atoms with E-state index in [0.717, 1.165) is 32.4 Å². The fraction of sp³-hybridized carbons (Fsp3) is 0.733. The van der Waals surface area contributed by atoms with Gasteiger partial charge in [0, 0.05) is 43.7 Å². The summed E-state index contributed by atoms with van der Waals surface area (Å²) in [5.41, 5.74) is 1.26. The lowest BCUT2D eigenvalue weighted by Crippen LogP contribution is -2.40. The number of aryl methyl sites for hydroxylation is 1. The molecule has 1 aliphatic heterocycles. The van der Waals surface area contributed by atoms with Crippen molar-refractivity contribution in [2.45, 2.75) is 51.1 Å². The molecule has 2 atom stereocenters. The van der Waals surface area contributed by atoms with Crippen molar-refractivity contribution < 1.29 is 4.79 Å². The van der Waals surface area contributed by atoms with Gasteiger partial charge in [-0.3, -0.25) is 14.4 Å². The maximum absolute atomic E-state index is 12.1. The minimum Gasteiger partial charge on any atom is -0.299 e. The number of Topliss-reactive ketones (excluding diaryl/α,β-unsaturated/α-hetero) is 1. The largest absolute Gasteiger partial charge is 0.299 e. The molecule has 2 aliphatic rings. The van der Waals surface area contributed by atoms with E-state index < -0.39 is 0 Å². The standard InChI is InChI=1S/C15H23N3O/c1-17-10-12(9-16-17)11-18-8-4-6-14(18)13-5-2-3-7-15(13)19/h9-10,13-14H,2-8,11H2,1H3. The van der Waals surface area contributed by atoms with E-state index in [1.165, 1.54) is 24.8 Å². The zero-order valence-electron chi connectivity index (χ0n) is 11.7. The van der Waals surface area contributed by atoms with Crippen molar-refractivity contribution >= 4 is 5.78 Å². The lowest BCUT2D eigenvalue weighted by atomic mass is 9.82. The monoisotopic (exact) mass is 261 g/mol. The van der Waals surface area contributed by atoms with Gasteiger partial charge in [0.05, 0.1) is 6.20 Å². The molecule has 0 bridgehead atoms. The molecule has 1 aromatic rings. The van der Waals surface area contributed by atoms with Crippen molar-refractivity contribution in [1.82, 2.24) is 14.7 Å². The highest BCUT2D eigenvalue weighted by Gasteiger charge is 2.36. The number of nitrogens with zero attached hydrogens (tertiary/aromatic N) is 3. The average molecular weight is 261 g/mol. The lowest BCUT2D eigenvalue weighted by Gasteiger charge is -2.32. The Labute approximate surface area is 114 Å². The van der Waals surface area contributed by atoms with Gasteiger partial charge in [-0.25, -0.2) is 0 Å². The molecule has 0 spiro atoms. The molecule has 4 heteroatoms. The third kappa shape index (κ3) is 2.73. The van der Waals surface area contributed by atoms with Crippen molar-refractivity contribution in [3.05, 3.63) is 18.0 Å². The Hall–Kier alpha value is -1.16. The smallest absolute Gasteiger partial charge is 0.137 e. The number of carbonyl (C=O) groups excluding carboxylic acids is 1. The van der Waals surface area contributed by atoms with Crippen molar-refractivity contribution in [3.8, 4) is 0 Å². The zero-order valence-corrected chi connectivity index (χ0v) is 11.7. The van der Waals surface area contributed by atoms with Gasteiger partial charge in [0.2, 0.25) is 0 Å². The number of likely N-dealkylation sites (tertiary alicyclic amines) is 1. The Kier molecular flexibility index (Phi) is 3.69. The van der Waals surface area contributed by atoms with Crippen LogP contribution in [0.15, 0.2) is 12.4 Å². The summed E-state index contributed by atoms with van der Waals surface area (Å²) in [5, 5.41) is 4.23. The fourth-order valence-corrected chi connectivity index (χ4v) is 3.71. The highest BCUT2D eigenvalue weighted by Crippen LogP contribution is 2.33. The summed E-state index contributed by atoms with van der Waals surface area (Å²) in [4.78, 5) is 14.6. The molecule has 0 amide bonds. The summed E-state index contributed by atoms with van der Waals surface area (Å²) in [6, 6.07) is 0.480. The number of aromatic nitrogens is 2. The van der Waals surface area contributed by atoms with Crippen molar-refractivity contribution in [2.24, 2.45) is 13.0 Å².